The number of nitrogens with one attached hydrogen (secondary N) is 1. The molecule has 1 aliphatic heterocycles. The number of amides is 1. The van der Waals surface area contributed by atoms with Gasteiger partial charge in [-0.05, 0) is 38.5 Å². The van der Waals surface area contributed by atoms with Gasteiger partial charge in [-0.15, -0.1) is 0 Å². The first-order chi connectivity index (χ1) is 13.2. The van der Waals surface area contributed by atoms with Crippen molar-refractivity contribution in [3.05, 3.63) is 53.6 Å². The fourth-order valence-electron chi connectivity index (χ4n) is 3.53. The second-order valence-corrected chi connectivity index (χ2v) is 7.47. The number of hydrogen-bond donors (Lipinski definition) is 1. The van der Waals surface area contributed by atoms with Gasteiger partial charge in [0.2, 0.25) is 0 Å². The molecule has 28 heavy (non-hydrogen) atoms. The minimum Gasteiger partial charge on any atom is -0.496 e. The summed E-state index contributed by atoms with van der Waals surface area (Å²) in [4.78, 5) is 28.5. The van der Waals surface area contributed by atoms with E-state index in [9.17, 15) is 14.0 Å². The summed E-state index contributed by atoms with van der Waals surface area (Å²) in [7, 11) is 1.47. The molecule has 0 spiro atoms. The number of carbonyl (C=O) groups excluding carboxylic acids is 2. The molecule has 1 aliphatic rings. The van der Waals surface area contributed by atoms with Gasteiger partial charge in [0.25, 0.3) is 5.91 Å². The van der Waals surface area contributed by atoms with Gasteiger partial charge < -0.3 is 14.8 Å². The van der Waals surface area contributed by atoms with Gasteiger partial charge in [0.1, 0.15) is 23.4 Å². The molecule has 0 aliphatic carbocycles. The molecule has 1 aromatic heterocycles. The summed E-state index contributed by atoms with van der Waals surface area (Å²) >= 11 is 0. The van der Waals surface area contributed by atoms with Crippen LogP contribution in [0.4, 0.5) is 10.1 Å². The molecule has 2 heterocycles. The van der Waals surface area contributed by atoms with Crippen LogP contribution in [0.15, 0.2) is 36.5 Å². The van der Waals surface area contributed by atoms with Crippen LogP contribution < -0.4 is 10.1 Å². The van der Waals surface area contributed by atoms with Gasteiger partial charge in [-0.1, -0.05) is 6.07 Å². The molecule has 1 N–H and O–H groups in total. The largest absolute Gasteiger partial charge is 0.496 e. The van der Waals surface area contributed by atoms with Crippen LogP contribution in [-0.2, 0) is 9.53 Å². The molecular formula is C21H23FN2O4. The lowest BCUT2D eigenvalue weighted by molar-refractivity contribution is -0.130. The first-order valence-corrected chi connectivity index (χ1v) is 8.99. The van der Waals surface area contributed by atoms with Crippen LogP contribution in [0, 0.1) is 5.82 Å². The number of methoxy groups -OCH3 is 1. The molecule has 2 atom stereocenters. The quantitative estimate of drug-likeness (QED) is 0.793. The lowest BCUT2D eigenvalue weighted by atomic mass is 9.87. The Hall–Kier alpha value is -2.80. The molecule has 2 aromatic rings. The van der Waals surface area contributed by atoms with Crippen LogP contribution in [0.2, 0.25) is 0 Å². The third-order valence-corrected chi connectivity index (χ3v) is 4.76. The number of ketones is 1. The van der Waals surface area contributed by atoms with Crippen LogP contribution in [0.1, 0.15) is 49.2 Å². The van der Waals surface area contributed by atoms with Gasteiger partial charge in [0.05, 0.1) is 12.7 Å². The molecule has 1 fully saturated rings. The Morgan fingerprint density at radius 1 is 1.29 bits per heavy atom. The van der Waals surface area contributed by atoms with E-state index in [0.717, 1.165) is 0 Å². The van der Waals surface area contributed by atoms with Crippen molar-refractivity contribution in [2.45, 2.75) is 44.8 Å². The molecule has 0 radical (unpaired) electrons. The Balaban J connectivity index is 1.89. The number of halogens is 1. The molecule has 3 rings (SSSR count). The molecule has 1 aromatic carbocycles. The van der Waals surface area contributed by atoms with Crippen molar-refractivity contribution in [1.82, 2.24) is 4.98 Å². The monoisotopic (exact) mass is 386 g/mol. The van der Waals surface area contributed by atoms with Gasteiger partial charge in [0, 0.05) is 36.4 Å². The molecule has 6 nitrogen and oxygen atoms in total. The standard InChI is InChI=1S/C21H23FN2O4/c1-12(25)17-10-14(7-8-23-17)24-20(26)19-16(11-21(2,3)28-19)15-6-5-13(22)9-18(15)27-4/h5-10,16,19H,11H2,1-4H3,(H,23,24,26)/t16-,19+/m0/s1. The van der Waals surface area contributed by atoms with Crippen LogP contribution in [-0.4, -0.2) is 35.5 Å². The summed E-state index contributed by atoms with van der Waals surface area (Å²) < 4.78 is 24.9. The normalized spacial score (nSPS) is 20.6. The van der Waals surface area contributed by atoms with Crippen molar-refractivity contribution in [1.29, 1.82) is 0 Å². The fourth-order valence-corrected chi connectivity index (χ4v) is 3.53. The SMILES string of the molecule is COc1cc(F)ccc1[C@@H]1CC(C)(C)O[C@H]1C(=O)Nc1ccnc(C(C)=O)c1. The molecule has 1 amide bonds. The number of aromatic nitrogens is 1. The molecule has 0 unspecified atom stereocenters. The molecule has 7 heteroatoms. The highest BCUT2D eigenvalue weighted by molar-refractivity contribution is 5.97. The number of pyridine rings is 1. The van der Waals surface area contributed by atoms with Crippen molar-refractivity contribution >= 4 is 17.4 Å². The molecular weight excluding hydrogens is 363 g/mol. The van der Waals surface area contributed by atoms with Crippen molar-refractivity contribution in [2.75, 3.05) is 12.4 Å². The van der Waals surface area contributed by atoms with Crippen LogP contribution in [0.5, 0.6) is 5.75 Å². The second kappa shape index (κ2) is 7.67. The van der Waals surface area contributed by atoms with Crippen LogP contribution in [0.3, 0.4) is 0 Å². The highest BCUT2D eigenvalue weighted by Gasteiger charge is 2.45. The smallest absolute Gasteiger partial charge is 0.254 e. The summed E-state index contributed by atoms with van der Waals surface area (Å²) in [5.41, 5.74) is 0.911. The fraction of sp³-hybridized carbons (Fsp3) is 0.381. The Labute approximate surface area is 163 Å². The van der Waals surface area contributed by atoms with Crippen molar-refractivity contribution < 1.29 is 23.5 Å². The van der Waals surface area contributed by atoms with E-state index in [0.29, 0.717) is 23.4 Å². The van der Waals surface area contributed by atoms with Crippen LogP contribution in [0.25, 0.3) is 0 Å². The highest BCUT2D eigenvalue weighted by Crippen LogP contribution is 2.44. The molecule has 148 valence electrons. The second-order valence-electron chi connectivity index (χ2n) is 7.47. The van der Waals surface area contributed by atoms with E-state index in [1.807, 2.05) is 13.8 Å². The minimum absolute atomic E-state index is 0.191. The van der Waals surface area contributed by atoms with E-state index < -0.39 is 17.5 Å². The summed E-state index contributed by atoms with van der Waals surface area (Å²) in [6, 6.07) is 7.41. The van der Waals surface area contributed by atoms with Crippen molar-refractivity contribution in [2.24, 2.45) is 0 Å². The Morgan fingerprint density at radius 2 is 2.04 bits per heavy atom. The van der Waals surface area contributed by atoms with Gasteiger partial charge in [0.15, 0.2) is 5.78 Å². The zero-order chi connectivity index (χ0) is 20.5. The lowest BCUT2D eigenvalue weighted by Crippen LogP contribution is -2.33. The number of ether oxygens (including phenoxy) is 2. The zero-order valence-electron chi connectivity index (χ0n) is 16.3. The van der Waals surface area contributed by atoms with Gasteiger partial charge in [-0.25, -0.2) is 4.39 Å². The summed E-state index contributed by atoms with van der Waals surface area (Å²) in [5, 5.41) is 2.79. The van der Waals surface area contributed by atoms with Gasteiger partial charge >= 0.3 is 0 Å². The number of benzene rings is 1. The third-order valence-electron chi connectivity index (χ3n) is 4.76. The summed E-state index contributed by atoms with van der Waals surface area (Å²) in [6.45, 7) is 5.22. The number of Topliss-reactive ketones (excluding diaryl/α,β-unsaturated/α-hetero) is 1. The number of carbonyl (C=O) groups is 2. The molecule has 1 saturated heterocycles. The number of hydrogen-bond acceptors (Lipinski definition) is 5. The van der Waals surface area contributed by atoms with Crippen molar-refractivity contribution in [3.8, 4) is 5.75 Å². The summed E-state index contributed by atoms with van der Waals surface area (Å²) in [5.74, 6) is -0.870. The number of rotatable bonds is 5. The predicted molar refractivity (Wildman–Crippen MR) is 102 cm³/mol. The molecule has 0 saturated carbocycles. The van der Waals surface area contributed by atoms with E-state index >= 15 is 0 Å². The highest BCUT2D eigenvalue weighted by atomic mass is 19.1. The van der Waals surface area contributed by atoms with E-state index in [1.54, 1.807) is 12.1 Å². The molecule has 0 bridgehead atoms. The number of anilines is 1. The van der Waals surface area contributed by atoms with Crippen LogP contribution >= 0.6 is 0 Å². The number of nitrogens with zero attached hydrogens (tertiary/aromatic N) is 1. The first kappa shape index (κ1) is 19.9. The van der Waals surface area contributed by atoms with Crippen molar-refractivity contribution in [3.63, 3.8) is 0 Å². The van der Waals surface area contributed by atoms with Gasteiger partial charge in [-0.2, -0.15) is 0 Å². The van der Waals surface area contributed by atoms with E-state index in [2.05, 4.69) is 10.3 Å². The maximum absolute atomic E-state index is 13.6. The maximum Gasteiger partial charge on any atom is 0.254 e. The Morgan fingerprint density at radius 3 is 2.71 bits per heavy atom. The Bertz CT molecular complexity index is 913. The topological polar surface area (TPSA) is 77.5 Å². The van der Waals surface area contributed by atoms with E-state index in [1.165, 1.54) is 38.4 Å². The first-order valence-electron chi connectivity index (χ1n) is 8.99. The van der Waals surface area contributed by atoms with Gasteiger partial charge in [-0.3, -0.25) is 14.6 Å². The zero-order valence-corrected chi connectivity index (χ0v) is 16.3. The van der Waals surface area contributed by atoms with E-state index in [-0.39, 0.29) is 23.3 Å². The lowest BCUT2D eigenvalue weighted by Gasteiger charge is -2.21. The summed E-state index contributed by atoms with van der Waals surface area (Å²) in [6.07, 6.45) is 1.25. The third kappa shape index (κ3) is 4.20. The average Bonchev–Trinajstić information content (AvgIpc) is 2.97. The maximum atomic E-state index is 13.6. The predicted octanol–water partition coefficient (Wildman–Crippen LogP) is 3.72. The Kier molecular flexibility index (Phi) is 5.47. The van der Waals surface area contributed by atoms with E-state index in [4.69, 9.17) is 9.47 Å². The average molecular weight is 386 g/mol. The minimum atomic E-state index is -0.789.